The van der Waals surface area contributed by atoms with Gasteiger partial charge in [-0.1, -0.05) is 0 Å². The predicted molar refractivity (Wildman–Crippen MR) is 39.2 cm³/mol. The van der Waals surface area contributed by atoms with Gasteiger partial charge in [0.25, 0.3) is 0 Å². The molecule has 0 radical (unpaired) electrons. The van der Waals surface area contributed by atoms with Crippen LogP contribution in [-0.2, 0) is 14.3 Å². The molecule has 0 aromatic heterocycles. The monoisotopic (exact) mass is 162 g/mol. The zero-order valence-corrected chi connectivity index (χ0v) is 6.49. The van der Waals surface area contributed by atoms with Crippen molar-refractivity contribution >= 4 is 6.29 Å². The van der Waals surface area contributed by atoms with Crippen molar-refractivity contribution in [2.24, 2.45) is 0 Å². The highest BCUT2D eigenvalue weighted by Crippen LogP contribution is 1.83. The molecule has 0 spiro atoms. The third-order valence-electron chi connectivity index (χ3n) is 0.993. The fourth-order valence-electron chi connectivity index (χ4n) is 0.475. The van der Waals surface area contributed by atoms with Gasteiger partial charge in [0.1, 0.15) is 13.1 Å². The third kappa shape index (κ3) is 9.55. The quantitative estimate of drug-likeness (QED) is 0.309. The zero-order valence-electron chi connectivity index (χ0n) is 6.49. The van der Waals surface area contributed by atoms with Gasteiger partial charge in [-0.05, 0) is 6.42 Å². The molecule has 66 valence electrons. The minimum Gasteiger partial charge on any atom is -0.396 e. The highest BCUT2D eigenvalue weighted by molar-refractivity contribution is 5.49. The highest BCUT2D eigenvalue weighted by Gasteiger charge is 1.87. The van der Waals surface area contributed by atoms with Crippen molar-refractivity contribution in [3.8, 4) is 0 Å². The lowest BCUT2D eigenvalue weighted by atomic mass is 10.5. The molecule has 0 aliphatic carbocycles. The normalized spacial score (nSPS) is 9.91. The highest BCUT2D eigenvalue weighted by atomic mass is 16.7. The molecule has 0 rings (SSSR count). The van der Waals surface area contributed by atoms with Gasteiger partial charge < -0.3 is 19.4 Å². The Labute approximate surface area is 66.1 Å². The first-order valence-electron chi connectivity index (χ1n) is 3.61. The maximum absolute atomic E-state index is 9.79. The minimum atomic E-state index is 0.133. The third-order valence-corrected chi connectivity index (χ3v) is 0.993. The molecule has 0 unspecified atom stereocenters. The fraction of sp³-hybridized carbons (Fsp3) is 0.857. The Bertz CT molecular complexity index is 84.5. The molecule has 0 bridgehead atoms. The molecule has 0 amide bonds. The summed E-state index contributed by atoms with van der Waals surface area (Å²) < 4.78 is 9.81. The lowest BCUT2D eigenvalue weighted by molar-refractivity contribution is -0.110. The van der Waals surface area contributed by atoms with E-state index in [1.807, 2.05) is 0 Å². The van der Waals surface area contributed by atoms with Crippen molar-refractivity contribution in [1.82, 2.24) is 0 Å². The average Bonchev–Trinajstić information content (AvgIpc) is 2.03. The Balaban J connectivity index is 2.74. The molecule has 0 aromatic rings. The van der Waals surface area contributed by atoms with E-state index in [9.17, 15) is 4.79 Å². The molecule has 0 fully saturated rings. The molecule has 0 aliphatic rings. The number of hydrogen-bond donors (Lipinski definition) is 1. The Morgan fingerprint density at radius 2 is 2.00 bits per heavy atom. The molecule has 0 aromatic carbocycles. The summed E-state index contributed by atoms with van der Waals surface area (Å²) in [7, 11) is 0. The average molecular weight is 162 g/mol. The Kier molecular flexibility index (Phi) is 9.16. The summed E-state index contributed by atoms with van der Waals surface area (Å²) in [5.74, 6) is 0. The van der Waals surface area contributed by atoms with E-state index in [2.05, 4.69) is 0 Å². The number of rotatable bonds is 8. The predicted octanol–water partition coefficient (Wildman–Crippen LogP) is -0.0515. The summed E-state index contributed by atoms with van der Waals surface area (Å²) in [5, 5.41) is 8.34. The summed E-state index contributed by atoms with van der Waals surface area (Å²) in [6, 6.07) is 0. The summed E-state index contributed by atoms with van der Waals surface area (Å²) >= 11 is 0. The molecule has 4 nitrogen and oxygen atoms in total. The second-order valence-corrected chi connectivity index (χ2v) is 1.97. The molecule has 0 atom stereocenters. The van der Waals surface area contributed by atoms with Gasteiger partial charge in [0, 0.05) is 13.0 Å². The van der Waals surface area contributed by atoms with Gasteiger partial charge in [0.2, 0.25) is 0 Å². The van der Waals surface area contributed by atoms with E-state index in [0.29, 0.717) is 26.1 Å². The van der Waals surface area contributed by atoms with Gasteiger partial charge in [-0.15, -0.1) is 0 Å². The second kappa shape index (κ2) is 9.55. The van der Waals surface area contributed by atoms with E-state index >= 15 is 0 Å². The Morgan fingerprint density at radius 1 is 1.27 bits per heavy atom. The molecule has 0 saturated heterocycles. The molecule has 0 heterocycles. The van der Waals surface area contributed by atoms with Gasteiger partial charge in [0.15, 0.2) is 0 Å². The van der Waals surface area contributed by atoms with E-state index in [0.717, 1.165) is 6.29 Å². The molecular formula is C7H14O4. The van der Waals surface area contributed by atoms with E-state index in [1.54, 1.807) is 0 Å². The summed E-state index contributed by atoms with van der Waals surface area (Å²) in [5.41, 5.74) is 0. The molecule has 0 aliphatic heterocycles. The number of aldehydes is 1. The lowest BCUT2D eigenvalue weighted by Crippen LogP contribution is -2.04. The first-order valence-corrected chi connectivity index (χ1v) is 3.61. The van der Waals surface area contributed by atoms with Gasteiger partial charge >= 0.3 is 0 Å². The number of carbonyl (C=O) groups is 1. The van der Waals surface area contributed by atoms with Crippen molar-refractivity contribution in [1.29, 1.82) is 0 Å². The van der Waals surface area contributed by atoms with Crippen LogP contribution in [0.4, 0.5) is 0 Å². The molecule has 0 saturated carbocycles. The summed E-state index contributed by atoms with van der Waals surface area (Å²) in [4.78, 5) is 9.79. The van der Waals surface area contributed by atoms with Crippen LogP contribution in [0.1, 0.15) is 12.8 Å². The zero-order chi connectivity index (χ0) is 8.36. The van der Waals surface area contributed by atoms with Gasteiger partial charge in [0.05, 0.1) is 13.2 Å². The van der Waals surface area contributed by atoms with Crippen LogP contribution in [0, 0.1) is 0 Å². The van der Waals surface area contributed by atoms with Crippen LogP contribution in [0.15, 0.2) is 0 Å². The van der Waals surface area contributed by atoms with E-state index in [1.165, 1.54) is 0 Å². The van der Waals surface area contributed by atoms with Crippen LogP contribution in [-0.4, -0.2) is 38.0 Å². The topological polar surface area (TPSA) is 55.8 Å². The number of hydrogen-bond acceptors (Lipinski definition) is 4. The lowest BCUT2D eigenvalue weighted by Gasteiger charge is -2.02. The van der Waals surface area contributed by atoms with Crippen molar-refractivity contribution in [2.75, 3.05) is 26.6 Å². The fourth-order valence-corrected chi connectivity index (χ4v) is 0.475. The smallest absolute Gasteiger partial charge is 0.146 e. The van der Waals surface area contributed by atoms with Crippen molar-refractivity contribution < 1.29 is 19.4 Å². The first kappa shape index (κ1) is 10.6. The van der Waals surface area contributed by atoms with E-state index < -0.39 is 0 Å². The summed E-state index contributed by atoms with van der Waals surface area (Å²) in [6.45, 7) is 1.24. The maximum atomic E-state index is 9.79. The molecule has 1 N–H and O–H groups in total. The summed E-state index contributed by atoms with van der Waals surface area (Å²) in [6.07, 6.45) is 1.83. The van der Waals surface area contributed by atoms with Gasteiger partial charge in [-0.2, -0.15) is 0 Å². The Morgan fingerprint density at radius 3 is 2.64 bits per heavy atom. The van der Waals surface area contributed by atoms with Crippen LogP contribution < -0.4 is 0 Å². The largest absolute Gasteiger partial charge is 0.396 e. The number of ether oxygens (including phenoxy) is 2. The van der Waals surface area contributed by atoms with Crippen LogP contribution in [0.3, 0.4) is 0 Å². The minimum absolute atomic E-state index is 0.133. The van der Waals surface area contributed by atoms with E-state index in [-0.39, 0.29) is 13.4 Å². The number of aliphatic hydroxyl groups is 1. The van der Waals surface area contributed by atoms with Gasteiger partial charge in [-0.25, -0.2) is 0 Å². The molecule has 4 heteroatoms. The standard InChI is InChI=1S/C7H14O4/c8-3-1-5-10-7-11-6-2-4-9/h3,9H,1-2,4-7H2. The van der Waals surface area contributed by atoms with Crippen LogP contribution in [0.5, 0.6) is 0 Å². The second-order valence-electron chi connectivity index (χ2n) is 1.97. The maximum Gasteiger partial charge on any atom is 0.146 e. The van der Waals surface area contributed by atoms with E-state index in [4.69, 9.17) is 14.6 Å². The first-order chi connectivity index (χ1) is 5.41. The number of carbonyl (C=O) groups excluding carboxylic acids is 1. The van der Waals surface area contributed by atoms with Crippen LogP contribution in [0.25, 0.3) is 0 Å². The SMILES string of the molecule is O=CCCOCOCCCO. The van der Waals surface area contributed by atoms with Crippen molar-refractivity contribution in [3.63, 3.8) is 0 Å². The van der Waals surface area contributed by atoms with Crippen molar-refractivity contribution in [2.45, 2.75) is 12.8 Å². The Hall–Kier alpha value is -0.450. The van der Waals surface area contributed by atoms with Gasteiger partial charge in [-0.3, -0.25) is 0 Å². The molecule has 11 heavy (non-hydrogen) atoms. The van der Waals surface area contributed by atoms with Crippen LogP contribution >= 0.6 is 0 Å². The van der Waals surface area contributed by atoms with Crippen molar-refractivity contribution in [3.05, 3.63) is 0 Å². The molecular weight excluding hydrogens is 148 g/mol. The number of aliphatic hydroxyl groups excluding tert-OH is 1. The van der Waals surface area contributed by atoms with Crippen LogP contribution in [0.2, 0.25) is 0 Å².